The van der Waals surface area contributed by atoms with E-state index in [0.29, 0.717) is 0 Å². The van der Waals surface area contributed by atoms with Gasteiger partial charge in [-0.3, -0.25) is 4.99 Å². The van der Waals surface area contributed by atoms with E-state index in [2.05, 4.69) is 41.5 Å². The minimum absolute atomic E-state index is 0.906. The molecule has 0 atom stereocenters. The van der Waals surface area contributed by atoms with Crippen molar-refractivity contribution in [2.45, 2.75) is 32.7 Å². The first-order valence-corrected chi connectivity index (χ1v) is 5.73. The summed E-state index contributed by atoms with van der Waals surface area (Å²) < 4.78 is 0. The van der Waals surface area contributed by atoms with Crippen LogP contribution >= 0.6 is 0 Å². The normalized spacial score (nSPS) is 15.1. The van der Waals surface area contributed by atoms with Crippen molar-refractivity contribution in [1.29, 1.82) is 0 Å². The third-order valence-corrected chi connectivity index (χ3v) is 2.80. The summed E-state index contributed by atoms with van der Waals surface area (Å²) in [6.07, 6.45) is 3.44. The Bertz CT molecular complexity index is 338. The Morgan fingerprint density at radius 1 is 1.20 bits per heavy atom. The van der Waals surface area contributed by atoms with Crippen LogP contribution in [0.5, 0.6) is 0 Å². The number of hydrogen-bond acceptors (Lipinski definition) is 2. The Hall–Kier alpha value is -1.31. The molecule has 1 aromatic carbocycles. The van der Waals surface area contributed by atoms with E-state index in [-0.39, 0.29) is 0 Å². The SMILES string of the molecule is CCc1ccc(CNC2=NCCC2)cc1. The van der Waals surface area contributed by atoms with Gasteiger partial charge in [0.15, 0.2) is 0 Å². The number of aliphatic imine (C=N–C) groups is 1. The van der Waals surface area contributed by atoms with Crippen molar-refractivity contribution in [2.24, 2.45) is 4.99 Å². The minimum Gasteiger partial charge on any atom is -0.370 e. The van der Waals surface area contributed by atoms with Gasteiger partial charge in [-0.05, 0) is 24.0 Å². The summed E-state index contributed by atoms with van der Waals surface area (Å²) in [7, 11) is 0. The Labute approximate surface area is 91.4 Å². The van der Waals surface area contributed by atoms with Crippen LogP contribution in [0, 0.1) is 0 Å². The molecule has 1 N–H and O–H groups in total. The summed E-state index contributed by atoms with van der Waals surface area (Å²) in [5.74, 6) is 1.18. The fraction of sp³-hybridized carbons (Fsp3) is 0.462. The van der Waals surface area contributed by atoms with Gasteiger partial charge in [0, 0.05) is 19.5 Å². The highest BCUT2D eigenvalue weighted by Gasteiger charge is 2.04. The zero-order valence-electron chi connectivity index (χ0n) is 9.29. The average molecular weight is 202 g/mol. The second-order valence-corrected chi connectivity index (χ2v) is 3.96. The molecule has 0 fully saturated rings. The molecule has 2 heteroatoms. The molecule has 1 aromatic rings. The third-order valence-electron chi connectivity index (χ3n) is 2.80. The van der Waals surface area contributed by atoms with Gasteiger partial charge in [-0.25, -0.2) is 0 Å². The van der Waals surface area contributed by atoms with E-state index in [9.17, 15) is 0 Å². The lowest BCUT2D eigenvalue weighted by atomic mass is 10.1. The third kappa shape index (κ3) is 2.82. The summed E-state index contributed by atoms with van der Waals surface area (Å²) in [6, 6.07) is 8.80. The smallest absolute Gasteiger partial charge is 0.0966 e. The van der Waals surface area contributed by atoms with E-state index >= 15 is 0 Å². The number of rotatable bonds is 3. The van der Waals surface area contributed by atoms with Crippen molar-refractivity contribution >= 4 is 5.84 Å². The molecule has 0 aliphatic carbocycles. The minimum atomic E-state index is 0.906. The van der Waals surface area contributed by atoms with Gasteiger partial charge in [-0.1, -0.05) is 31.2 Å². The predicted octanol–water partition coefficient (Wildman–Crippen LogP) is 2.53. The zero-order valence-corrected chi connectivity index (χ0v) is 9.29. The standard InChI is InChI=1S/C13H18N2/c1-2-11-5-7-12(8-6-11)10-15-13-4-3-9-14-13/h5-8H,2-4,9-10H2,1H3,(H,14,15). The molecule has 1 aliphatic heterocycles. The van der Waals surface area contributed by atoms with Crippen LogP contribution in [0.3, 0.4) is 0 Å². The number of nitrogens with zero attached hydrogens (tertiary/aromatic N) is 1. The molecule has 15 heavy (non-hydrogen) atoms. The lowest BCUT2D eigenvalue weighted by molar-refractivity contribution is 0.887. The van der Waals surface area contributed by atoms with Crippen molar-refractivity contribution < 1.29 is 0 Å². The molecule has 2 nitrogen and oxygen atoms in total. The molecule has 0 bridgehead atoms. The van der Waals surface area contributed by atoms with Crippen LogP contribution in [-0.2, 0) is 13.0 Å². The van der Waals surface area contributed by atoms with Crippen LogP contribution in [0.1, 0.15) is 30.9 Å². The van der Waals surface area contributed by atoms with Crippen molar-refractivity contribution in [3.05, 3.63) is 35.4 Å². The number of benzene rings is 1. The maximum absolute atomic E-state index is 4.39. The van der Waals surface area contributed by atoms with Crippen molar-refractivity contribution in [3.8, 4) is 0 Å². The Kier molecular flexibility index (Phi) is 3.38. The lowest BCUT2D eigenvalue weighted by Crippen LogP contribution is -2.20. The van der Waals surface area contributed by atoms with Gasteiger partial charge in [0.2, 0.25) is 0 Å². The Morgan fingerprint density at radius 3 is 2.53 bits per heavy atom. The van der Waals surface area contributed by atoms with Gasteiger partial charge < -0.3 is 5.32 Å². The lowest BCUT2D eigenvalue weighted by Gasteiger charge is -2.06. The van der Waals surface area contributed by atoms with Crippen LogP contribution < -0.4 is 5.32 Å². The van der Waals surface area contributed by atoms with Crippen molar-refractivity contribution in [3.63, 3.8) is 0 Å². The molecule has 1 heterocycles. The monoisotopic (exact) mass is 202 g/mol. The zero-order chi connectivity index (χ0) is 10.5. The van der Waals surface area contributed by atoms with Crippen LogP contribution in [0.4, 0.5) is 0 Å². The van der Waals surface area contributed by atoms with Gasteiger partial charge in [0.05, 0.1) is 5.84 Å². The predicted molar refractivity (Wildman–Crippen MR) is 64.2 cm³/mol. The fourth-order valence-electron chi connectivity index (χ4n) is 1.78. The van der Waals surface area contributed by atoms with Crippen LogP contribution in [0.25, 0.3) is 0 Å². The molecule has 0 saturated carbocycles. The second-order valence-electron chi connectivity index (χ2n) is 3.96. The number of amidine groups is 1. The highest BCUT2D eigenvalue weighted by Crippen LogP contribution is 2.06. The average Bonchev–Trinajstić information content (AvgIpc) is 2.80. The summed E-state index contributed by atoms with van der Waals surface area (Å²) in [5, 5.41) is 3.39. The molecule has 0 unspecified atom stereocenters. The van der Waals surface area contributed by atoms with E-state index in [1.807, 2.05) is 0 Å². The molecule has 0 aromatic heterocycles. The molecule has 0 spiro atoms. The van der Waals surface area contributed by atoms with Gasteiger partial charge in [-0.2, -0.15) is 0 Å². The molecule has 0 saturated heterocycles. The first-order chi connectivity index (χ1) is 7.38. The maximum Gasteiger partial charge on any atom is 0.0966 e. The maximum atomic E-state index is 4.39. The molecular weight excluding hydrogens is 184 g/mol. The van der Waals surface area contributed by atoms with E-state index < -0.39 is 0 Å². The van der Waals surface area contributed by atoms with Crippen LogP contribution in [0.15, 0.2) is 29.3 Å². The van der Waals surface area contributed by atoms with Gasteiger partial charge in [0.1, 0.15) is 0 Å². The van der Waals surface area contributed by atoms with E-state index in [1.54, 1.807) is 0 Å². The quantitative estimate of drug-likeness (QED) is 0.800. The van der Waals surface area contributed by atoms with Gasteiger partial charge in [-0.15, -0.1) is 0 Å². The molecular formula is C13H18N2. The topological polar surface area (TPSA) is 24.4 Å². The summed E-state index contributed by atoms with van der Waals surface area (Å²) in [6.45, 7) is 4.08. The highest BCUT2D eigenvalue weighted by atomic mass is 15.0. The molecule has 80 valence electrons. The molecule has 2 rings (SSSR count). The molecule has 0 amide bonds. The van der Waals surface area contributed by atoms with E-state index in [4.69, 9.17) is 0 Å². The molecule has 0 radical (unpaired) electrons. The first-order valence-electron chi connectivity index (χ1n) is 5.73. The van der Waals surface area contributed by atoms with Crippen molar-refractivity contribution in [2.75, 3.05) is 6.54 Å². The van der Waals surface area contributed by atoms with Crippen molar-refractivity contribution in [1.82, 2.24) is 5.32 Å². The Morgan fingerprint density at radius 2 is 1.93 bits per heavy atom. The first kappa shape index (κ1) is 10.2. The van der Waals surface area contributed by atoms with Crippen LogP contribution in [-0.4, -0.2) is 12.4 Å². The van der Waals surface area contributed by atoms with Gasteiger partial charge in [0.25, 0.3) is 0 Å². The number of nitrogens with one attached hydrogen (secondary N) is 1. The molecule has 1 aliphatic rings. The van der Waals surface area contributed by atoms with Gasteiger partial charge >= 0.3 is 0 Å². The summed E-state index contributed by atoms with van der Waals surface area (Å²) in [5.41, 5.74) is 2.73. The Balaban J connectivity index is 1.87. The van der Waals surface area contributed by atoms with Crippen LogP contribution in [0.2, 0.25) is 0 Å². The van der Waals surface area contributed by atoms with E-state index in [1.165, 1.54) is 23.4 Å². The number of aryl methyl sites for hydroxylation is 1. The summed E-state index contributed by atoms with van der Waals surface area (Å²) in [4.78, 5) is 4.39. The fourth-order valence-corrected chi connectivity index (χ4v) is 1.78. The highest BCUT2D eigenvalue weighted by molar-refractivity contribution is 5.83. The second kappa shape index (κ2) is 4.96. The number of hydrogen-bond donors (Lipinski definition) is 1. The van der Waals surface area contributed by atoms with E-state index in [0.717, 1.165) is 25.9 Å². The largest absolute Gasteiger partial charge is 0.370 e. The summed E-state index contributed by atoms with van der Waals surface area (Å²) >= 11 is 0.